The second-order valence-electron chi connectivity index (χ2n) is 7.11. The fourth-order valence-electron chi connectivity index (χ4n) is 3.36. The van der Waals surface area contributed by atoms with Crippen LogP contribution < -0.4 is 5.32 Å². The summed E-state index contributed by atoms with van der Waals surface area (Å²) in [6.45, 7) is 13.9. The minimum atomic E-state index is 0.289. The lowest BCUT2D eigenvalue weighted by molar-refractivity contribution is 0.0376. The van der Waals surface area contributed by atoms with E-state index in [0.29, 0.717) is 12.1 Å². The topological polar surface area (TPSA) is 18.5 Å². The van der Waals surface area contributed by atoms with Crippen molar-refractivity contribution in [3.05, 3.63) is 35.9 Å². The van der Waals surface area contributed by atoms with Crippen LogP contribution in [-0.4, -0.2) is 54.6 Å². The van der Waals surface area contributed by atoms with E-state index in [4.69, 9.17) is 0 Å². The van der Waals surface area contributed by atoms with Gasteiger partial charge in [0.05, 0.1) is 0 Å². The highest BCUT2D eigenvalue weighted by molar-refractivity contribution is 5.20. The van der Waals surface area contributed by atoms with Crippen LogP contribution in [0.4, 0.5) is 0 Å². The number of hydrogen-bond donors (Lipinski definition) is 1. The van der Waals surface area contributed by atoms with Gasteiger partial charge in [-0.2, -0.15) is 0 Å². The van der Waals surface area contributed by atoms with Crippen molar-refractivity contribution < 1.29 is 0 Å². The molecule has 1 aromatic carbocycles. The van der Waals surface area contributed by atoms with Crippen LogP contribution in [0.1, 0.15) is 39.3 Å². The molecule has 0 spiro atoms. The van der Waals surface area contributed by atoms with Gasteiger partial charge in [-0.15, -0.1) is 0 Å². The van der Waals surface area contributed by atoms with Crippen molar-refractivity contribution in [2.45, 2.75) is 45.3 Å². The molecule has 0 radical (unpaired) electrons. The van der Waals surface area contributed by atoms with Gasteiger partial charge in [0, 0.05) is 43.8 Å². The van der Waals surface area contributed by atoms with Crippen molar-refractivity contribution in [3.8, 4) is 0 Å². The third-order valence-electron chi connectivity index (χ3n) is 4.79. The summed E-state index contributed by atoms with van der Waals surface area (Å²) in [5.74, 6) is 0. The average molecular weight is 289 g/mol. The first-order chi connectivity index (χ1) is 9.93. The zero-order chi connectivity index (χ0) is 15.5. The summed E-state index contributed by atoms with van der Waals surface area (Å²) in [4.78, 5) is 5.21. The number of likely N-dealkylation sites (N-methyl/N-ethyl adjacent to an activating group) is 1. The van der Waals surface area contributed by atoms with Gasteiger partial charge in [0.2, 0.25) is 0 Å². The molecule has 0 aliphatic carbocycles. The normalized spacial score (nSPS) is 21.2. The fraction of sp³-hybridized carbons (Fsp3) is 0.667. The molecule has 21 heavy (non-hydrogen) atoms. The van der Waals surface area contributed by atoms with Crippen molar-refractivity contribution >= 4 is 0 Å². The van der Waals surface area contributed by atoms with Crippen LogP contribution in [0.2, 0.25) is 0 Å². The summed E-state index contributed by atoms with van der Waals surface area (Å²) < 4.78 is 0. The zero-order valence-electron chi connectivity index (χ0n) is 14.3. The van der Waals surface area contributed by atoms with Gasteiger partial charge in [0.1, 0.15) is 0 Å². The SMILES string of the molecule is CNC(c1ccccc1)C(C)N1CCN(C(C)(C)C)CC1. The molecule has 118 valence electrons. The third-order valence-corrected chi connectivity index (χ3v) is 4.79. The van der Waals surface area contributed by atoms with E-state index >= 15 is 0 Å². The maximum Gasteiger partial charge on any atom is 0.0473 e. The van der Waals surface area contributed by atoms with E-state index in [1.165, 1.54) is 18.7 Å². The van der Waals surface area contributed by atoms with E-state index in [2.05, 4.69) is 80.2 Å². The summed E-state index contributed by atoms with van der Waals surface area (Å²) in [5.41, 5.74) is 1.67. The van der Waals surface area contributed by atoms with Gasteiger partial charge < -0.3 is 5.32 Å². The minimum absolute atomic E-state index is 0.289. The summed E-state index contributed by atoms with van der Waals surface area (Å²) in [6, 6.07) is 11.7. The van der Waals surface area contributed by atoms with Gasteiger partial charge in [-0.3, -0.25) is 9.80 Å². The van der Waals surface area contributed by atoms with Gasteiger partial charge in [-0.25, -0.2) is 0 Å². The number of nitrogens with one attached hydrogen (secondary N) is 1. The molecule has 1 aromatic rings. The maximum absolute atomic E-state index is 3.50. The van der Waals surface area contributed by atoms with Crippen LogP contribution in [0.15, 0.2) is 30.3 Å². The molecule has 3 nitrogen and oxygen atoms in total. The summed E-state index contributed by atoms with van der Waals surface area (Å²) in [6.07, 6.45) is 0. The molecule has 1 heterocycles. The van der Waals surface area contributed by atoms with Crippen molar-refractivity contribution in [1.29, 1.82) is 0 Å². The summed E-state index contributed by atoms with van der Waals surface area (Å²) in [7, 11) is 2.07. The van der Waals surface area contributed by atoms with E-state index in [9.17, 15) is 0 Å². The first kappa shape index (κ1) is 16.5. The zero-order valence-corrected chi connectivity index (χ0v) is 14.3. The number of benzene rings is 1. The molecule has 1 N–H and O–H groups in total. The number of nitrogens with zero attached hydrogens (tertiary/aromatic N) is 2. The summed E-state index contributed by atoms with van der Waals surface area (Å²) >= 11 is 0. The smallest absolute Gasteiger partial charge is 0.0473 e. The Morgan fingerprint density at radius 3 is 2.05 bits per heavy atom. The van der Waals surface area contributed by atoms with Gasteiger partial charge >= 0.3 is 0 Å². The van der Waals surface area contributed by atoms with Gasteiger partial charge in [-0.1, -0.05) is 30.3 Å². The van der Waals surface area contributed by atoms with E-state index in [1.807, 2.05) is 0 Å². The molecule has 1 aliphatic rings. The molecule has 0 bridgehead atoms. The lowest BCUT2D eigenvalue weighted by Gasteiger charge is -2.45. The fourth-order valence-corrected chi connectivity index (χ4v) is 3.36. The Balaban J connectivity index is 1.99. The quantitative estimate of drug-likeness (QED) is 0.919. The standard InChI is InChI=1S/C18H31N3/c1-15(17(19-5)16-9-7-6-8-10-16)20-11-13-21(14-12-20)18(2,3)4/h6-10,15,17,19H,11-14H2,1-5H3. The number of rotatable bonds is 4. The maximum atomic E-state index is 3.50. The van der Waals surface area contributed by atoms with E-state index < -0.39 is 0 Å². The van der Waals surface area contributed by atoms with Crippen LogP contribution in [0.5, 0.6) is 0 Å². The van der Waals surface area contributed by atoms with Crippen LogP contribution in [0, 0.1) is 0 Å². The molecule has 1 saturated heterocycles. The first-order valence-electron chi connectivity index (χ1n) is 8.15. The average Bonchev–Trinajstić information content (AvgIpc) is 2.48. The third kappa shape index (κ3) is 4.06. The van der Waals surface area contributed by atoms with Crippen molar-refractivity contribution in [1.82, 2.24) is 15.1 Å². The molecular weight excluding hydrogens is 258 g/mol. The number of piperazine rings is 1. The molecule has 3 heteroatoms. The molecule has 1 fully saturated rings. The highest BCUT2D eigenvalue weighted by Crippen LogP contribution is 2.23. The Bertz CT molecular complexity index is 416. The van der Waals surface area contributed by atoms with Crippen LogP contribution in [-0.2, 0) is 0 Å². The Hall–Kier alpha value is -0.900. The van der Waals surface area contributed by atoms with Crippen LogP contribution in [0.25, 0.3) is 0 Å². The van der Waals surface area contributed by atoms with Gasteiger partial charge in [0.15, 0.2) is 0 Å². The lowest BCUT2D eigenvalue weighted by atomic mass is 9.98. The van der Waals surface area contributed by atoms with Crippen molar-refractivity contribution in [2.24, 2.45) is 0 Å². The van der Waals surface area contributed by atoms with Gasteiger partial charge in [-0.05, 0) is 40.3 Å². The molecule has 2 unspecified atom stereocenters. The number of hydrogen-bond acceptors (Lipinski definition) is 3. The largest absolute Gasteiger partial charge is 0.312 e. The van der Waals surface area contributed by atoms with Crippen LogP contribution in [0.3, 0.4) is 0 Å². The van der Waals surface area contributed by atoms with Crippen molar-refractivity contribution in [3.63, 3.8) is 0 Å². The molecule has 0 aromatic heterocycles. The lowest BCUT2D eigenvalue weighted by Crippen LogP contribution is -2.56. The molecule has 2 rings (SSSR count). The van der Waals surface area contributed by atoms with E-state index in [-0.39, 0.29) is 5.54 Å². The minimum Gasteiger partial charge on any atom is -0.312 e. The monoisotopic (exact) mass is 289 g/mol. The van der Waals surface area contributed by atoms with Crippen molar-refractivity contribution in [2.75, 3.05) is 33.2 Å². The molecule has 0 amide bonds. The Morgan fingerprint density at radius 1 is 1.00 bits per heavy atom. The Morgan fingerprint density at radius 2 is 1.57 bits per heavy atom. The Labute approximate surface area is 130 Å². The highest BCUT2D eigenvalue weighted by Gasteiger charge is 2.30. The van der Waals surface area contributed by atoms with Crippen LogP contribution >= 0.6 is 0 Å². The second kappa shape index (κ2) is 6.91. The molecule has 1 aliphatic heterocycles. The Kier molecular flexibility index (Phi) is 5.42. The molecule has 0 saturated carbocycles. The molecule has 2 atom stereocenters. The predicted octanol–water partition coefficient (Wildman–Crippen LogP) is 2.75. The molecular formula is C18H31N3. The summed E-state index contributed by atoms with van der Waals surface area (Å²) in [5, 5.41) is 3.50. The highest BCUT2D eigenvalue weighted by atomic mass is 15.3. The van der Waals surface area contributed by atoms with E-state index in [1.54, 1.807) is 0 Å². The van der Waals surface area contributed by atoms with E-state index in [0.717, 1.165) is 13.1 Å². The first-order valence-corrected chi connectivity index (χ1v) is 8.15. The predicted molar refractivity (Wildman–Crippen MR) is 90.6 cm³/mol. The van der Waals surface area contributed by atoms with Gasteiger partial charge in [0.25, 0.3) is 0 Å². The second-order valence-corrected chi connectivity index (χ2v) is 7.11.